The van der Waals surface area contributed by atoms with E-state index in [2.05, 4.69) is 26.0 Å². The molecule has 26 heavy (non-hydrogen) atoms. The van der Waals surface area contributed by atoms with Crippen molar-refractivity contribution >= 4 is 47.3 Å². The Morgan fingerprint density at radius 1 is 1.38 bits per heavy atom. The molecular formula is C16H21Cl3N6O. The van der Waals surface area contributed by atoms with Gasteiger partial charge in [0.15, 0.2) is 0 Å². The average Bonchev–Trinajstić information content (AvgIpc) is 3.11. The third kappa shape index (κ3) is 5.48. The lowest BCUT2D eigenvalue weighted by molar-refractivity contribution is 0.0949. The van der Waals surface area contributed by atoms with Crippen molar-refractivity contribution in [2.75, 3.05) is 31.5 Å². The second-order valence-corrected chi connectivity index (χ2v) is 6.69. The molecule has 142 valence electrons. The van der Waals surface area contributed by atoms with Gasteiger partial charge >= 0.3 is 0 Å². The van der Waals surface area contributed by atoms with Crippen molar-refractivity contribution in [2.24, 2.45) is 0 Å². The van der Waals surface area contributed by atoms with Gasteiger partial charge in [-0.05, 0) is 31.5 Å². The Hall–Kier alpha value is -1.54. The Bertz CT molecular complexity index is 733. The lowest BCUT2D eigenvalue weighted by Gasteiger charge is -2.22. The van der Waals surface area contributed by atoms with Crippen LogP contribution in [0.1, 0.15) is 29.4 Å². The van der Waals surface area contributed by atoms with Gasteiger partial charge in [-0.15, -0.1) is 12.4 Å². The summed E-state index contributed by atoms with van der Waals surface area (Å²) in [4.78, 5) is 16.3. The van der Waals surface area contributed by atoms with Crippen molar-refractivity contribution in [3.63, 3.8) is 0 Å². The lowest BCUT2D eigenvalue weighted by Crippen LogP contribution is -2.32. The standard InChI is InChI=1S/C16H20Cl2N6O.ClH/c17-11-8-13(18)15(22-9-11)20-5-6-21-16(25)14-3-7-24(23-14)12-2-1-4-19-10-12;/h3,7-9,12,19H,1-2,4-6,10H2,(H,20,22)(H,21,25);1H. The predicted molar refractivity (Wildman–Crippen MR) is 106 cm³/mol. The van der Waals surface area contributed by atoms with Crippen LogP contribution in [-0.4, -0.2) is 46.9 Å². The highest BCUT2D eigenvalue weighted by molar-refractivity contribution is 6.35. The SMILES string of the molecule is Cl.O=C(NCCNc1ncc(Cl)cc1Cl)c1ccn(C2CCCNC2)n1. The topological polar surface area (TPSA) is 83.9 Å². The predicted octanol–water partition coefficient (Wildman–Crippen LogP) is 2.77. The summed E-state index contributed by atoms with van der Waals surface area (Å²) in [5, 5.41) is 14.5. The molecule has 1 saturated heterocycles. The summed E-state index contributed by atoms with van der Waals surface area (Å²) in [6.45, 7) is 2.86. The zero-order chi connectivity index (χ0) is 17.6. The molecule has 10 heteroatoms. The van der Waals surface area contributed by atoms with E-state index in [4.69, 9.17) is 23.2 Å². The Morgan fingerprint density at radius 3 is 2.96 bits per heavy atom. The van der Waals surface area contributed by atoms with Crippen molar-refractivity contribution < 1.29 is 4.79 Å². The van der Waals surface area contributed by atoms with Crippen LogP contribution >= 0.6 is 35.6 Å². The van der Waals surface area contributed by atoms with E-state index < -0.39 is 0 Å². The molecular weight excluding hydrogens is 399 g/mol. The summed E-state index contributed by atoms with van der Waals surface area (Å²) < 4.78 is 1.87. The second-order valence-electron chi connectivity index (χ2n) is 5.85. The number of halogens is 3. The van der Waals surface area contributed by atoms with Gasteiger partial charge in [-0.3, -0.25) is 9.48 Å². The third-order valence-corrected chi connectivity index (χ3v) is 4.49. The number of anilines is 1. The first-order chi connectivity index (χ1) is 12.1. The molecule has 1 unspecified atom stereocenters. The van der Waals surface area contributed by atoms with E-state index in [9.17, 15) is 4.79 Å². The number of carbonyl (C=O) groups excluding carboxylic acids is 1. The molecule has 2 aromatic heterocycles. The van der Waals surface area contributed by atoms with Crippen LogP contribution in [0, 0.1) is 0 Å². The van der Waals surface area contributed by atoms with Crippen LogP contribution < -0.4 is 16.0 Å². The smallest absolute Gasteiger partial charge is 0.271 e. The fourth-order valence-corrected chi connectivity index (χ4v) is 3.16. The van der Waals surface area contributed by atoms with Crippen molar-refractivity contribution in [2.45, 2.75) is 18.9 Å². The number of rotatable bonds is 6. The summed E-state index contributed by atoms with van der Waals surface area (Å²) in [5.41, 5.74) is 0.424. The molecule has 1 aliphatic heterocycles. The molecule has 3 N–H and O–H groups in total. The van der Waals surface area contributed by atoms with Gasteiger partial charge in [-0.25, -0.2) is 4.98 Å². The number of amides is 1. The molecule has 1 amide bonds. The summed E-state index contributed by atoms with van der Waals surface area (Å²) >= 11 is 11.8. The van der Waals surface area contributed by atoms with Crippen molar-refractivity contribution in [3.8, 4) is 0 Å². The highest BCUT2D eigenvalue weighted by Gasteiger charge is 2.17. The second kappa shape index (κ2) is 9.97. The molecule has 1 atom stereocenters. The maximum Gasteiger partial charge on any atom is 0.271 e. The number of hydrogen-bond acceptors (Lipinski definition) is 5. The molecule has 0 radical (unpaired) electrons. The van der Waals surface area contributed by atoms with E-state index >= 15 is 0 Å². The maximum absolute atomic E-state index is 12.2. The van der Waals surface area contributed by atoms with E-state index in [1.807, 2.05) is 10.9 Å². The van der Waals surface area contributed by atoms with Crippen LogP contribution in [0.4, 0.5) is 5.82 Å². The molecule has 0 aromatic carbocycles. The molecule has 3 rings (SSSR count). The van der Waals surface area contributed by atoms with Gasteiger partial charge in [-0.2, -0.15) is 5.10 Å². The van der Waals surface area contributed by atoms with E-state index in [-0.39, 0.29) is 18.3 Å². The zero-order valence-corrected chi connectivity index (χ0v) is 16.4. The largest absolute Gasteiger partial charge is 0.367 e. The van der Waals surface area contributed by atoms with Gasteiger partial charge in [0.05, 0.1) is 16.1 Å². The minimum Gasteiger partial charge on any atom is -0.367 e. The molecule has 0 bridgehead atoms. The van der Waals surface area contributed by atoms with Gasteiger partial charge in [0.2, 0.25) is 0 Å². The van der Waals surface area contributed by atoms with Crippen LogP contribution in [0.25, 0.3) is 0 Å². The highest BCUT2D eigenvalue weighted by atomic mass is 35.5. The summed E-state index contributed by atoms with van der Waals surface area (Å²) in [6.07, 6.45) is 5.58. The maximum atomic E-state index is 12.2. The molecule has 0 aliphatic carbocycles. The summed E-state index contributed by atoms with van der Waals surface area (Å²) in [7, 11) is 0. The van der Waals surface area contributed by atoms with Crippen molar-refractivity contribution in [1.82, 2.24) is 25.4 Å². The molecule has 0 spiro atoms. The molecule has 0 saturated carbocycles. The van der Waals surface area contributed by atoms with Gasteiger partial charge < -0.3 is 16.0 Å². The summed E-state index contributed by atoms with van der Waals surface area (Å²) in [5.74, 6) is 0.342. The van der Waals surface area contributed by atoms with Crippen molar-refractivity contribution in [1.29, 1.82) is 0 Å². The number of aromatic nitrogens is 3. The first-order valence-corrected chi connectivity index (χ1v) is 8.98. The first-order valence-electron chi connectivity index (χ1n) is 8.22. The van der Waals surface area contributed by atoms with Gasteiger partial charge in [0.25, 0.3) is 5.91 Å². The fourth-order valence-electron chi connectivity index (χ4n) is 2.71. The Labute approximate surface area is 168 Å². The Balaban J connectivity index is 0.00000243. The quantitative estimate of drug-likeness (QED) is 0.627. The summed E-state index contributed by atoms with van der Waals surface area (Å²) in [6, 6.07) is 3.67. The number of piperidine rings is 1. The van der Waals surface area contributed by atoms with E-state index in [1.165, 1.54) is 6.20 Å². The van der Waals surface area contributed by atoms with Crippen LogP contribution in [-0.2, 0) is 0 Å². The minimum atomic E-state index is -0.195. The van der Waals surface area contributed by atoms with Gasteiger partial charge in [-0.1, -0.05) is 23.2 Å². The first kappa shape index (κ1) is 20.8. The van der Waals surface area contributed by atoms with Gasteiger partial charge in [0.1, 0.15) is 11.5 Å². The van der Waals surface area contributed by atoms with E-state index in [1.54, 1.807) is 12.1 Å². The van der Waals surface area contributed by atoms with Crippen LogP contribution in [0.15, 0.2) is 24.5 Å². The highest BCUT2D eigenvalue weighted by Crippen LogP contribution is 2.22. The van der Waals surface area contributed by atoms with Crippen LogP contribution in [0.5, 0.6) is 0 Å². The molecule has 3 heterocycles. The van der Waals surface area contributed by atoms with E-state index in [0.29, 0.717) is 40.7 Å². The fraction of sp³-hybridized carbons (Fsp3) is 0.438. The number of nitrogens with zero attached hydrogens (tertiary/aromatic N) is 3. The number of pyridine rings is 1. The number of hydrogen-bond donors (Lipinski definition) is 3. The monoisotopic (exact) mass is 418 g/mol. The molecule has 1 fully saturated rings. The van der Waals surface area contributed by atoms with Gasteiger partial charge in [0, 0.05) is 32.0 Å². The average molecular weight is 420 g/mol. The lowest BCUT2D eigenvalue weighted by atomic mass is 10.1. The zero-order valence-electron chi connectivity index (χ0n) is 14.0. The normalized spacial score (nSPS) is 16.6. The Kier molecular flexibility index (Phi) is 7.96. The van der Waals surface area contributed by atoms with Crippen LogP contribution in [0.2, 0.25) is 10.0 Å². The molecule has 2 aromatic rings. The number of nitrogens with one attached hydrogen (secondary N) is 3. The van der Waals surface area contributed by atoms with Crippen LogP contribution in [0.3, 0.4) is 0 Å². The molecule has 1 aliphatic rings. The van der Waals surface area contributed by atoms with E-state index in [0.717, 1.165) is 25.9 Å². The Morgan fingerprint density at radius 2 is 2.23 bits per heavy atom. The molecule has 7 nitrogen and oxygen atoms in total. The minimum absolute atomic E-state index is 0. The third-order valence-electron chi connectivity index (χ3n) is 4.00. The van der Waals surface area contributed by atoms with Crippen molar-refractivity contribution in [3.05, 3.63) is 40.3 Å². The number of carbonyl (C=O) groups is 1.